The first-order valence-corrected chi connectivity index (χ1v) is 10.0. The molecule has 1 aliphatic heterocycles. The highest BCUT2D eigenvalue weighted by Crippen LogP contribution is 2.25. The summed E-state index contributed by atoms with van der Waals surface area (Å²) in [6, 6.07) is 14.8. The molecular formula is C22H22FN7O2. The van der Waals surface area contributed by atoms with Crippen LogP contribution in [0, 0.1) is 5.82 Å². The molecule has 1 aromatic heterocycles. The van der Waals surface area contributed by atoms with E-state index < -0.39 is 11.6 Å². The molecule has 1 fully saturated rings. The molecule has 9 nitrogen and oxygen atoms in total. The van der Waals surface area contributed by atoms with Crippen LogP contribution in [0.15, 0.2) is 54.6 Å². The lowest BCUT2D eigenvalue weighted by molar-refractivity contribution is -0.131. The molecule has 1 atom stereocenters. The number of halogens is 1. The lowest BCUT2D eigenvalue weighted by Gasteiger charge is -2.21. The fourth-order valence-corrected chi connectivity index (χ4v) is 3.47. The lowest BCUT2D eigenvalue weighted by atomic mass is 9.93. The van der Waals surface area contributed by atoms with E-state index in [1.807, 2.05) is 30.3 Å². The summed E-state index contributed by atoms with van der Waals surface area (Å²) in [5.41, 5.74) is 6.38. The van der Waals surface area contributed by atoms with Crippen LogP contribution in [0.5, 0.6) is 0 Å². The van der Waals surface area contributed by atoms with Crippen LogP contribution in [-0.4, -0.2) is 37.3 Å². The summed E-state index contributed by atoms with van der Waals surface area (Å²) in [7, 11) is 0. The first-order valence-electron chi connectivity index (χ1n) is 10.0. The van der Waals surface area contributed by atoms with Crippen molar-refractivity contribution >= 4 is 29.5 Å². The number of anilines is 3. The number of nitrogens with zero attached hydrogens (tertiary/aromatic N) is 4. The van der Waals surface area contributed by atoms with E-state index in [2.05, 4.69) is 25.6 Å². The summed E-state index contributed by atoms with van der Waals surface area (Å²) in [5.74, 6) is -0.528. The number of carbonyl (C=O) groups is 2. The van der Waals surface area contributed by atoms with E-state index in [0.717, 1.165) is 10.5 Å². The van der Waals surface area contributed by atoms with Gasteiger partial charge in [0.15, 0.2) is 5.82 Å². The van der Waals surface area contributed by atoms with Gasteiger partial charge in [-0.1, -0.05) is 30.3 Å². The molecule has 2 heterocycles. The van der Waals surface area contributed by atoms with Gasteiger partial charge in [0.05, 0.1) is 6.54 Å². The van der Waals surface area contributed by atoms with Crippen LogP contribution in [0.3, 0.4) is 0 Å². The monoisotopic (exact) mass is 435 g/mol. The molecule has 1 unspecified atom stereocenters. The molecule has 10 heteroatoms. The molecule has 4 rings (SSSR count). The van der Waals surface area contributed by atoms with Crippen molar-refractivity contribution in [1.82, 2.24) is 25.2 Å². The average Bonchev–Trinajstić information content (AvgIpc) is 2.98. The Labute approximate surface area is 183 Å². The standard InChI is InChI=1S/C22H22FN7O2/c1-22(12-11-14-5-3-2-4-6-14)18(31)30(21(32)29-22)13-17-26-19(24)28-20(27-17)25-16-9-7-15(23)8-10-16/h2-10H,11-13H2,1H3,(H,29,32)(H3,24,25,26,27,28). The molecule has 0 saturated carbocycles. The zero-order chi connectivity index (χ0) is 22.7. The molecular weight excluding hydrogens is 413 g/mol. The van der Waals surface area contributed by atoms with Gasteiger partial charge in [-0.05, 0) is 49.6 Å². The highest BCUT2D eigenvalue weighted by molar-refractivity contribution is 6.06. The summed E-state index contributed by atoms with van der Waals surface area (Å²) >= 11 is 0. The third-order valence-corrected chi connectivity index (χ3v) is 5.20. The summed E-state index contributed by atoms with van der Waals surface area (Å²) < 4.78 is 13.1. The molecule has 32 heavy (non-hydrogen) atoms. The quantitative estimate of drug-likeness (QED) is 0.487. The molecule has 164 valence electrons. The maximum atomic E-state index is 13.1. The van der Waals surface area contributed by atoms with Crippen LogP contribution in [0.25, 0.3) is 0 Å². The van der Waals surface area contributed by atoms with Crippen molar-refractivity contribution in [3.8, 4) is 0 Å². The minimum atomic E-state index is -1.03. The summed E-state index contributed by atoms with van der Waals surface area (Å²) in [5, 5.41) is 5.68. The fourth-order valence-electron chi connectivity index (χ4n) is 3.47. The van der Waals surface area contributed by atoms with Gasteiger partial charge in [-0.2, -0.15) is 15.0 Å². The lowest BCUT2D eigenvalue weighted by Crippen LogP contribution is -2.44. The van der Waals surface area contributed by atoms with Crippen LogP contribution in [0.1, 0.15) is 24.7 Å². The number of nitrogens with one attached hydrogen (secondary N) is 2. The van der Waals surface area contributed by atoms with Gasteiger partial charge in [0.25, 0.3) is 5.91 Å². The van der Waals surface area contributed by atoms with E-state index in [1.165, 1.54) is 24.3 Å². The third kappa shape index (κ3) is 4.64. The highest BCUT2D eigenvalue weighted by Gasteiger charge is 2.47. The fraction of sp³-hybridized carbons (Fsp3) is 0.227. The number of hydrogen-bond acceptors (Lipinski definition) is 7. The SMILES string of the molecule is CC1(CCc2ccccc2)NC(=O)N(Cc2nc(N)nc(Nc3ccc(F)cc3)n2)C1=O. The van der Waals surface area contributed by atoms with Crippen molar-refractivity contribution in [2.45, 2.75) is 31.8 Å². The van der Waals surface area contributed by atoms with E-state index >= 15 is 0 Å². The molecule has 1 aliphatic rings. The topological polar surface area (TPSA) is 126 Å². The first-order chi connectivity index (χ1) is 15.3. The normalized spacial score (nSPS) is 18.0. The van der Waals surface area contributed by atoms with Crippen LogP contribution >= 0.6 is 0 Å². The molecule has 0 aliphatic carbocycles. The third-order valence-electron chi connectivity index (χ3n) is 5.20. The second-order valence-corrected chi connectivity index (χ2v) is 7.70. The van der Waals surface area contributed by atoms with E-state index in [0.29, 0.717) is 18.5 Å². The van der Waals surface area contributed by atoms with Crippen molar-refractivity contribution in [2.75, 3.05) is 11.1 Å². The van der Waals surface area contributed by atoms with Crippen molar-refractivity contribution in [3.05, 3.63) is 71.8 Å². The van der Waals surface area contributed by atoms with Gasteiger partial charge >= 0.3 is 6.03 Å². The van der Waals surface area contributed by atoms with Gasteiger partial charge in [-0.25, -0.2) is 9.18 Å². The summed E-state index contributed by atoms with van der Waals surface area (Å²) in [6.45, 7) is 1.55. The first kappa shape index (κ1) is 21.2. The Balaban J connectivity index is 1.47. The zero-order valence-corrected chi connectivity index (χ0v) is 17.4. The minimum absolute atomic E-state index is 0.0708. The molecule has 4 N–H and O–H groups in total. The Kier molecular flexibility index (Phi) is 5.67. The van der Waals surface area contributed by atoms with Gasteiger partial charge in [0, 0.05) is 5.69 Å². The van der Waals surface area contributed by atoms with Gasteiger partial charge in [0.2, 0.25) is 11.9 Å². The van der Waals surface area contributed by atoms with Crippen molar-refractivity contribution in [2.24, 2.45) is 0 Å². The Morgan fingerprint density at radius 2 is 1.78 bits per heavy atom. The van der Waals surface area contributed by atoms with Gasteiger partial charge in [-0.3, -0.25) is 9.69 Å². The Morgan fingerprint density at radius 1 is 1.06 bits per heavy atom. The summed E-state index contributed by atoms with van der Waals surface area (Å²) in [6.07, 6.45) is 1.09. The number of amides is 3. The van der Waals surface area contributed by atoms with Crippen molar-refractivity contribution < 1.29 is 14.0 Å². The van der Waals surface area contributed by atoms with Gasteiger partial charge in [-0.15, -0.1) is 0 Å². The Hall–Kier alpha value is -4.08. The molecule has 3 amide bonds. The van der Waals surface area contributed by atoms with Crippen LogP contribution < -0.4 is 16.4 Å². The number of benzene rings is 2. The number of urea groups is 1. The molecule has 0 bridgehead atoms. The van der Waals surface area contributed by atoms with E-state index in [9.17, 15) is 14.0 Å². The number of aromatic nitrogens is 3. The number of hydrogen-bond donors (Lipinski definition) is 3. The van der Waals surface area contributed by atoms with E-state index in [-0.39, 0.29) is 36.0 Å². The highest BCUT2D eigenvalue weighted by atomic mass is 19.1. The average molecular weight is 435 g/mol. The van der Waals surface area contributed by atoms with Gasteiger partial charge in [0.1, 0.15) is 11.4 Å². The number of rotatable bonds is 7. The smallest absolute Gasteiger partial charge is 0.325 e. The second-order valence-electron chi connectivity index (χ2n) is 7.70. The number of aryl methyl sites for hydroxylation is 1. The Morgan fingerprint density at radius 3 is 2.50 bits per heavy atom. The van der Waals surface area contributed by atoms with Crippen LogP contribution in [-0.2, 0) is 17.8 Å². The van der Waals surface area contributed by atoms with Crippen molar-refractivity contribution in [1.29, 1.82) is 0 Å². The van der Waals surface area contributed by atoms with Crippen LogP contribution in [0.2, 0.25) is 0 Å². The number of imide groups is 1. The van der Waals surface area contributed by atoms with E-state index in [1.54, 1.807) is 6.92 Å². The zero-order valence-electron chi connectivity index (χ0n) is 17.4. The second kappa shape index (κ2) is 8.58. The molecule has 1 saturated heterocycles. The predicted molar refractivity (Wildman–Crippen MR) is 116 cm³/mol. The minimum Gasteiger partial charge on any atom is -0.368 e. The Bertz CT molecular complexity index is 1140. The maximum absolute atomic E-state index is 13.1. The summed E-state index contributed by atoms with van der Waals surface area (Å²) in [4.78, 5) is 39.0. The molecule has 0 spiro atoms. The van der Waals surface area contributed by atoms with Gasteiger partial charge < -0.3 is 16.4 Å². The maximum Gasteiger partial charge on any atom is 0.325 e. The number of nitrogen functional groups attached to an aromatic ring is 1. The molecule has 3 aromatic rings. The molecule has 0 radical (unpaired) electrons. The number of carbonyl (C=O) groups excluding carboxylic acids is 2. The largest absolute Gasteiger partial charge is 0.368 e. The predicted octanol–water partition coefficient (Wildman–Crippen LogP) is 2.78. The van der Waals surface area contributed by atoms with Crippen molar-refractivity contribution in [3.63, 3.8) is 0 Å². The van der Waals surface area contributed by atoms with Crippen LogP contribution in [0.4, 0.5) is 26.8 Å². The molecule has 2 aromatic carbocycles. The van der Waals surface area contributed by atoms with E-state index in [4.69, 9.17) is 5.73 Å². The number of nitrogens with two attached hydrogens (primary N) is 1.